The maximum absolute atomic E-state index is 11.6. The first-order valence-corrected chi connectivity index (χ1v) is 9.78. The summed E-state index contributed by atoms with van der Waals surface area (Å²) >= 11 is 0. The molecule has 0 aliphatic heterocycles. The average Bonchev–Trinajstić information content (AvgIpc) is 2.56. The van der Waals surface area contributed by atoms with E-state index < -0.39 is 10.8 Å². The first-order valence-electron chi connectivity index (χ1n) is 8.05. The van der Waals surface area contributed by atoms with Gasteiger partial charge in [-0.25, -0.2) is 9.97 Å². The first kappa shape index (κ1) is 16.1. The van der Waals surface area contributed by atoms with Gasteiger partial charge in [-0.1, -0.05) is 19.3 Å². The maximum atomic E-state index is 11.6. The standard InChI is InChI=1S/C17H22N4OS/c1-23(22)12-15-11-16(19-14-5-3-2-4-6-14)21-17(20-15)13-7-9-18-10-8-13/h7-11,14H,2-6,12H2,1H3,(H,19,20,21)/t23-/m0/s1. The van der Waals surface area contributed by atoms with E-state index in [1.165, 1.54) is 32.1 Å². The lowest BCUT2D eigenvalue weighted by atomic mass is 9.95. The zero-order valence-electron chi connectivity index (χ0n) is 13.4. The smallest absolute Gasteiger partial charge is 0.161 e. The van der Waals surface area contributed by atoms with E-state index in [-0.39, 0.29) is 0 Å². The molecular formula is C17H22N4OS. The quantitative estimate of drug-likeness (QED) is 0.912. The van der Waals surface area contributed by atoms with Crippen LogP contribution in [0.2, 0.25) is 0 Å². The summed E-state index contributed by atoms with van der Waals surface area (Å²) in [4.78, 5) is 13.3. The van der Waals surface area contributed by atoms with Gasteiger partial charge in [0.25, 0.3) is 0 Å². The van der Waals surface area contributed by atoms with Crippen molar-refractivity contribution in [3.63, 3.8) is 0 Å². The Morgan fingerprint density at radius 3 is 2.61 bits per heavy atom. The molecule has 1 fully saturated rings. The highest BCUT2D eigenvalue weighted by atomic mass is 32.2. The Morgan fingerprint density at radius 2 is 1.91 bits per heavy atom. The van der Waals surface area contributed by atoms with Crippen LogP contribution in [0.25, 0.3) is 11.4 Å². The summed E-state index contributed by atoms with van der Waals surface area (Å²) < 4.78 is 11.6. The molecule has 0 spiro atoms. The van der Waals surface area contributed by atoms with Gasteiger partial charge >= 0.3 is 0 Å². The topological polar surface area (TPSA) is 67.8 Å². The molecule has 23 heavy (non-hydrogen) atoms. The summed E-state index contributed by atoms with van der Waals surface area (Å²) in [5.74, 6) is 1.94. The summed E-state index contributed by atoms with van der Waals surface area (Å²) in [5, 5.41) is 3.54. The van der Waals surface area contributed by atoms with Crippen LogP contribution in [0.15, 0.2) is 30.6 Å². The lowest BCUT2D eigenvalue weighted by Gasteiger charge is -2.23. The first-order chi connectivity index (χ1) is 11.2. The average molecular weight is 330 g/mol. The third kappa shape index (κ3) is 4.58. The number of hydrogen-bond donors (Lipinski definition) is 1. The molecule has 2 aromatic heterocycles. The third-order valence-corrected chi connectivity index (χ3v) is 4.73. The second-order valence-corrected chi connectivity index (χ2v) is 7.44. The Bertz CT molecular complexity index is 672. The van der Waals surface area contributed by atoms with Crippen molar-refractivity contribution in [2.24, 2.45) is 0 Å². The molecule has 1 saturated carbocycles. The van der Waals surface area contributed by atoms with Crippen molar-refractivity contribution in [3.05, 3.63) is 36.3 Å². The summed E-state index contributed by atoms with van der Waals surface area (Å²) in [6.45, 7) is 0. The minimum atomic E-state index is -0.927. The summed E-state index contributed by atoms with van der Waals surface area (Å²) in [7, 11) is -0.927. The van der Waals surface area contributed by atoms with Gasteiger partial charge in [0.15, 0.2) is 5.82 Å². The Hall–Kier alpha value is -1.82. The molecule has 0 saturated heterocycles. The fourth-order valence-electron chi connectivity index (χ4n) is 2.94. The van der Waals surface area contributed by atoms with Crippen LogP contribution in [0.4, 0.5) is 5.82 Å². The van der Waals surface area contributed by atoms with E-state index in [1.807, 2.05) is 18.2 Å². The van der Waals surface area contributed by atoms with Crippen molar-refractivity contribution in [3.8, 4) is 11.4 Å². The zero-order valence-corrected chi connectivity index (χ0v) is 14.2. The van der Waals surface area contributed by atoms with Crippen LogP contribution in [0.5, 0.6) is 0 Å². The number of aromatic nitrogens is 3. The predicted molar refractivity (Wildman–Crippen MR) is 93.5 cm³/mol. The van der Waals surface area contributed by atoms with Gasteiger partial charge in [0.1, 0.15) is 5.82 Å². The highest BCUT2D eigenvalue weighted by Crippen LogP contribution is 2.23. The van der Waals surface area contributed by atoms with Gasteiger partial charge in [0, 0.05) is 47.1 Å². The molecule has 1 aliphatic carbocycles. The van der Waals surface area contributed by atoms with Crippen molar-refractivity contribution in [2.75, 3.05) is 11.6 Å². The molecule has 0 amide bonds. The van der Waals surface area contributed by atoms with Crippen LogP contribution >= 0.6 is 0 Å². The SMILES string of the molecule is C[S@](=O)Cc1cc(NC2CCCCC2)nc(-c2ccncc2)n1. The molecule has 0 aromatic carbocycles. The molecule has 6 heteroatoms. The highest BCUT2D eigenvalue weighted by molar-refractivity contribution is 7.83. The molecule has 2 heterocycles. The van der Waals surface area contributed by atoms with Gasteiger partial charge < -0.3 is 5.32 Å². The molecule has 0 unspecified atom stereocenters. The van der Waals surface area contributed by atoms with E-state index in [0.29, 0.717) is 17.6 Å². The molecule has 0 radical (unpaired) electrons. The molecule has 3 rings (SSSR count). The van der Waals surface area contributed by atoms with Crippen LogP contribution in [0.3, 0.4) is 0 Å². The molecule has 0 bridgehead atoms. The summed E-state index contributed by atoms with van der Waals surface area (Å²) in [6.07, 6.45) is 11.4. The van der Waals surface area contributed by atoms with Gasteiger partial charge in [-0.05, 0) is 25.0 Å². The minimum absolute atomic E-state index is 0.444. The summed E-state index contributed by atoms with van der Waals surface area (Å²) in [5.41, 5.74) is 1.74. The number of nitrogens with one attached hydrogen (secondary N) is 1. The largest absolute Gasteiger partial charge is 0.367 e. The fraction of sp³-hybridized carbons (Fsp3) is 0.471. The Morgan fingerprint density at radius 1 is 1.17 bits per heavy atom. The van der Waals surface area contributed by atoms with E-state index in [2.05, 4.69) is 20.3 Å². The van der Waals surface area contributed by atoms with E-state index in [9.17, 15) is 4.21 Å². The summed E-state index contributed by atoms with van der Waals surface area (Å²) in [6, 6.07) is 6.20. The van der Waals surface area contributed by atoms with Crippen molar-refractivity contribution in [1.29, 1.82) is 0 Å². The Kier molecular flexibility index (Phi) is 5.33. The van der Waals surface area contributed by atoms with Crippen LogP contribution in [0, 0.1) is 0 Å². The van der Waals surface area contributed by atoms with E-state index in [1.54, 1.807) is 18.6 Å². The van der Waals surface area contributed by atoms with Crippen LogP contribution in [-0.4, -0.2) is 31.5 Å². The molecule has 1 atom stereocenters. The third-order valence-electron chi connectivity index (χ3n) is 4.03. The zero-order chi connectivity index (χ0) is 16.1. The van der Waals surface area contributed by atoms with Crippen LogP contribution < -0.4 is 5.32 Å². The normalized spacial score (nSPS) is 16.9. The predicted octanol–water partition coefficient (Wildman–Crippen LogP) is 3.16. The molecule has 2 aromatic rings. The number of rotatable bonds is 5. The van der Waals surface area contributed by atoms with Crippen LogP contribution in [-0.2, 0) is 16.6 Å². The van der Waals surface area contributed by atoms with Crippen molar-refractivity contribution in [2.45, 2.75) is 43.9 Å². The Balaban J connectivity index is 1.89. The number of anilines is 1. The fourth-order valence-corrected chi connectivity index (χ4v) is 3.50. The van der Waals surface area contributed by atoms with Crippen LogP contribution in [0.1, 0.15) is 37.8 Å². The lowest BCUT2D eigenvalue weighted by molar-refractivity contribution is 0.462. The number of pyridine rings is 1. The van der Waals surface area contributed by atoms with Gasteiger partial charge in [0.2, 0.25) is 0 Å². The van der Waals surface area contributed by atoms with Gasteiger partial charge in [-0.3, -0.25) is 9.19 Å². The second-order valence-electron chi connectivity index (χ2n) is 6.00. The Labute approximate surface area is 139 Å². The monoisotopic (exact) mass is 330 g/mol. The van der Waals surface area contributed by atoms with Crippen molar-refractivity contribution in [1.82, 2.24) is 15.0 Å². The van der Waals surface area contributed by atoms with Gasteiger partial charge in [-0.2, -0.15) is 0 Å². The van der Waals surface area contributed by atoms with E-state index in [4.69, 9.17) is 0 Å². The van der Waals surface area contributed by atoms with E-state index >= 15 is 0 Å². The number of nitrogens with zero attached hydrogens (tertiary/aromatic N) is 3. The maximum Gasteiger partial charge on any atom is 0.161 e. The minimum Gasteiger partial charge on any atom is -0.367 e. The molecular weight excluding hydrogens is 308 g/mol. The van der Waals surface area contributed by atoms with Crippen molar-refractivity contribution >= 4 is 16.6 Å². The molecule has 1 aliphatic rings. The molecule has 5 nitrogen and oxygen atoms in total. The van der Waals surface area contributed by atoms with E-state index in [0.717, 1.165) is 17.1 Å². The van der Waals surface area contributed by atoms with Gasteiger partial charge in [0.05, 0.1) is 11.4 Å². The van der Waals surface area contributed by atoms with Gasteiger partial charge in [-0.15, -0.1) is 0 Å². The number of hydrogen-bond acceptors (Lipinski definition) is 5. The van der Waals surface area contributed by atoms with Crippen molar-refractivity contribution < 1.29 is 4.21 Å². The highest BCUT2D eigenvalue weighted by Gasteiger charge is 2.15. The molecule has 1 N–H and O–H groups in total. The lowest BCUT2D eigenvalue weighted by Crippen LogP contribution is -2.23. The second kappa shape index (κ2) is 7.64. The molecule has 122 valence electrons.